The molecule has 0 aromatic carbocycles. The minimum Gasteiger partial charge on any atom is -0.454 e. The van der Waals surface area contributed by atoms with Crippen LogP contribution in [0.3, 0.4) is 0 Å². The second-order valence-corrected chi connectivity index (χ2v) is 7.29. The third kappa shape index (κ3) is 3.89. The van der Waals surface area contributed by atoms with E-state index in [9.17, 15) is 4.79 Å². The van der Waals surface area contributed by atoms with Crippen LogP contribution in [0.4, 0.5) is 0 Å². The normalized spacial score (nSPS) is 13.4. The fourth-order valence-corrected chi connectivity index (χ4v) is 3.62. The van der Waals surface area contributed by atoms with Crippen molar-refractivity contribution in [1.82, 2.24) is 24.6 Å². The van der Waals surface area contributed by atoms with E-state index in [1.165, 1.54) is 0 Å². The van der Waals surface area contributed by atoms with Crippen molar-refractivity contribution in [3.8, 4) is 0 Å². The highest BCUT2D eigenvalue weighted by molar-refractivity contribution is 5.91. The topological polar surface area (TPSA) is 90.2 Å². The van der Waals surface area contributed by atoms with Gasteiger partial charge < -0.3 is 13.7 Å². The Bertz CT molecular complexity index is 1130. The van der Waals surface area contributed by atoms with Gasteiger partial charge in [0.05, 0.1) is 13.1 Å². The summed E-state index contributed by atoms with van der Waals surface area (Å²) in [7, 11) is 0. The number of amides is 1. The summed E-state index contributed by atoms with van der Waals surface area (Å²) < 4.78 is 13.4. The molecule has 5 heterocycles. The van der Waals surface area contributed by atoms with Crippen LogP contribution in [-0.2, 0) is 32.4 Å². The number of pyridine rings is 1. The number of aromatic nitrogens is 4. The Morgan fingerprint density at radius 3 is 2.90 bits per heavy atom. The van der Waals surface area contributed by atoms with Gasteiger partial charge in [0.15, 0.2) is 11.7 Å². The number of oxazole rings is 1. The molecule has 0 radical (unpaired) electrons. The van der Waals surface area contributed by atoms with Crippen LogP contribution in [0.2, 0.25) is 0 Å². The van der Waals surface area contributed by atoms with E-state index < -0.39 is 0 Å². The van der Waals surface area contributed by atoms with Gasteiger partial charge in [-0.3, -0.25) is 14.5 Å². The van der Waals surface area contributed by atoms with Crippen molar-refractivity contribution in [2.75, 3.05) is 6.54 Å². The number of nitrogens with zero attached hydrogens (tertiary/aromatic N) is 5. The molecule has 5 rings (SSSR count). The summed E-state index contributed by atoms with van der Waals surface area (Å²) in [6, 6.07) is 9.35. The van der Waals surface area contributed by atoms with Crippen molar-refractivity contribution in [3.05, 3.63) is 89.5 Å². The number of furan rings is 1. The van der Waals surface area contributed by atoms with Gasteiger partial charge in [0.25, 0.3) is 5.91 Å². The molecule has 0 atom stereocenters. The van der Waals surface area contributed by atoms with E-state index in [1.54, 1.807) is 28.0 Å². The van der Waals surface area contributed by atoms with E-state index >= 15 is 0 Å². The quantitative estimate of drug-likeness (QED) is 0.492. The van der Waals surface area contributed by atoms with Crippen molar-refractivity contribution in [2.45, 2.75) is 32.4 Å². The maximum Gasteiger partial charge on any atom is 0.289 e. The first kappa shape index (κ1) is 18.4. The maximum absolute atomic E-state index is 12.9. The highest BCUT2D eigenvalue weighted by Gasteiger charge is 2.27. The van der Waals surface area contributed by atoms with E-state index in [4.69, 9.17) is 8.83 Å². The number of fused-ring (bicyclic) bond motifs is 1. The average molecular weight is 403 g/mol. The first-order valence-corrected chi connectivity index (χ1v) is 9.96. The van der Waals surface area contributed by atoms with Crippen LogP contribution >= 0.6 is 0 Å². The second-order valence-electron chi connectivity index (χ2n) is 7.29. The van der Waals surface area contributed by atoms with E-state index in [-0.39, 0.29) is 5.91 Å². The fraction of sp³-hybridized carbons (Fsp3) is 0.273. The Labute approximate surface area is 173 Å². The summed E-state index contributed by atoms with van der Waals surface area (Å²) in [6.07, 6.45) is 9.37. The summed E-state index contributed by atoms with van der Waals surface area (Å²) >= 11 is 0. The molecule has 0 unspecified atom stereocenters. The maximum atomic E-state index is 12.9. The van der Waals surface area contributed by atoms with Gasteiger partial charge in [-0.15, -0.1) is 0 Å². The molecule has 0 fully saturated rings. The van der Waals surface area contributed by atoms with Crippen LogP contribution in [0.1, 0.15) is 39.2 Å². The van der Waals surface area contributed by atoms with E-state index in [0.717, 1.165) is 23.4 Å². The van der Waals surface area contributed by atoms with Crippen LogP contribution in [-0.4, -0.2) is 37.1 Å². The summed E-state index contributed by atoms with van der Waals surface area (Å²) in [5.74, 6) is 2.48. The van der Waals surface area contributed by atoms with E-state index in [1.807, 2.05) is 36.7 Å². The van der Waals surface area contributed by atoms with Gasteiger partial charge in [0.2, 0.25) is 0 Å². The van der Waals surface area contributed by atoms with Crippen LogP contribution < -0.4 is 0 Å². The molecule has 0 saturated carbocycles. The predicted octanol–water partition coefficient (Wildman–Crippen LogP) is 2.89. The molecule has 4 aromatic rings. The average Bonchev–Trinajstić information content (AvgIpc) is 3.53. The highest BCUT2D eigenvalue weighted by Crippen LogP contribution is 2.23. The molecule has 0 N–H and O–H groups in total. The van der Waals surface area contributed by atoms with Gasteiger partial charge in [-0.2, -0.15) is 5.10 Å². The van der Waals surface area contributed by atoms with Crippen LogP contribution in [0.15, 0.2) is 64.0 Å². The molecule has 30 heavy (non-hydrogen) atoms. The Morgan fingerprint density at radius 2 is 2.07 bits per heavy atom. The highest BCUT2D eigenvalue weighted by atomic mass is 16.4. The number of hydrogen-bond donors (Lipinski definition) is 0. The second kappa shape index (κ2) is 7.98. The molecule has 8 nitrogen and oxygen atoms in total. The third-order valence-electron chi connectivity index (χ3n) is 5.16. The first-order chi connectivity index (χ1) is 14.7. The van der Waals surface area contributed by atoms with Crippen LogP contribution in [0.5, 0.6) is 0 Å². The third-order valence-corrected chi connectivity index (χ3v) is 5.16. The van der Waals surface area contributed by atoms with Crippen molar-refractivity contribution in [1.29, 1.82) is 0 Å². The Hall–Kier alpha value is -3.68. The molecule has 0 saturated heterocycles. The fourth-order valence-electron chi connectivity index (χ4n) is 3.62. The van der Waals surface area contributed by atoms with Crippen molar-refractivity contribution in [3.63, 3.8) is 0 Å². The zero-order chi connectivity index (χ0) is 20.3. The van der Waals surface area contributed by atoms with Crippen molar-refractivity contribution in [2.24, 2.45) is 0 Å². The van der Waals surface area contributed by atoms with Gasteiger partial charge in [0.1, 0.15) is 17.2 Å². The van der Waals surface area contributed by atoms with E-state index in [0.29, 0.717) is 49.9 Å². The smallest absolute Gasteiger partial charge is 0.289 e. The van der Waals surface area contributed by atoms with Gasteiger partial charge in [-0.25, -0.2) is 4.98 Å². The largest absolute Gasteiger partial charge is 0.454 e. The zero-order valence-corrected chi connectivity index (χ0v) is 16.4. The first-order valence-electron chi connectivity index (χ1n) is 9.96. The molecule has 1 aliphatic heterocycles. The molecular weight excluding hydrogens is 382 g/mol. The predicted molar refractivity (Wildman–Crippen MR) is 107 cm³/mol. The molecule has 0 spiro atoms. The number of carbonyl (C=O) groups excluding carboxylic acids is 1. The molecule has 8 heteroatoms. The lowest BCUT2D eigenvalue weighted by Gasteiger charge is -2.24. The minimum atomic E-state index is -0.132. The van der Waals surface area contributed by atoms with Gasteiger partial charge in [0, 0.05) is 44.2 Å². The van der Waals surface area contributed by atoms with Crippen molar-refractivity contribution >= 4 is 5.91 Å². The molecule has 4 aromatic heterocycles. The Balaban J connectivity index is 1.22. The molecule has 152 valence electrons. The van der Waals surface area contributed by atoms with Crippen molar-refractivity contribution < 1.29 is 13.6 Å². The number of rotatable bonds is 6. The monoisotopic (exact) mass is 403 g/mol. The molecule has 1 amide bonds. The lowest BCUT2D eigenvalue weighted by atomic mass is 10.1. The molecule has 0 aliphatic carbocycles. The molecular formula is C22H21N5O3. The number of carbonyl (C=O) groups is 1. The summed E-state index contributed by atoms with van der Waals surface area (Å²) in [6.45, 7) is 1.51. The van der Waals surface area contributed by atoms with Gasteiger partial charge in [-0.05, 0) is 36.2 Å². The summed E-state index contributed by atoms with van der Waals surface area (Å²) in [4.78, 5) is 23.4. The standard InChI is InChI=1S/C22H21N5O3/c28-22(20-6-5-17(29-20)14-27-11-2-10-24-27)26-12-8-19-18(15-26)25-21(30-19)7-4-16-3-1-9-23-13-16/h1-3,5-6,9-11,13H,4,7-8,12,14-15H2. The Kier molecular flexibility index (Phi) is 4.88. The van der Waals surface area contributed by atoms with Crippen LogP contribution in [0.25, 0.3) is 0 Å². The minimum absolute atomic E-state index is 0.132. The summed E-state index contributed by atoms with van der Waals surface area (Å²) in [5.41, 5.74) is 1.98. The zero-order valence-electron chi connectivity index (χ0n) is 16.4. The molecule has 0 bridgehead atoms. The lowest BCUT2D eigenvalue weighted by molar-refractivity contribution is 0.0693. The van der Waals surface area contributed by atoms with E-state index in [2.05, 4.69) is 15.1 Å². The SMILES string of the molecule is O=C(c1ccc(Cn2cccn2)o1)N1CCc2oc(CCc3cccnc3)nc2C1. The van der Waals surface area contributed by atoms with Gasteiger partial charge >= 0.3 is 0 Å². The van der Waals surface area contributed by atoms with Gasteiger partial charge in [-0.1, -0.05) is 6.07 Å². The molecule has 1 aliphatic rings. The Morgan fingerprint density at radius 1 is 1.10 bits per heavy atom. The van der Waals surface area contributed by atoms with Crippen LogP contribution in [0, 0.1) is 0 Å². The number of hydrogen-bond acceptors (Lipinski definition) is 6. The lowest BCUT2D eigenvalue weighted by Crippen LogP contribution is -2.35. The summed E-state index contributed by atoms with van der Waals surface area (Å²) in [5, 5.41) is 4.16. The number of aryl methyl sites for hydroxylation is 2.